The van der Waals surface area contributed by atoms with E-state index in [0.29, 0.717) is 29.7 Å². The second kappa shape index (κ2) is 8.02. The molecule has 1 aliphatic rings. The third-order valence-corrected chi connectivity index (χ3v) is 4.79. The van der Waals surface area contributed by atoms with Gasteiger partial charge in [0.25, 0.3) is 0 Å². The number of carbonyl (C=O) groups is 1. The highest BCUT2D eigenvalue weighted by Gasteiger charge is 2.28. The van der Waals surface area contributed by atoms with Crippen LogP contribution in [0, 0.1) is 17.3 Å². The molecular weight excluding hydrogens is 248 g/mol. The summed E-state index contributed by atoms with van der Waals surface area (Å²) in [5.41, 5.74) is 6.04. The van der Waals surface area contributed by atoms with Gasteiger partial charge in [0.05, 0.1) is 0 Å². The summed E-state index contributed by atoms with van der Waals surface area (Å²) in [5.74, 6) is 1.42. The van der Waals surface area contributed by atoms with Crippen LogP contribution in [0.25, 0.3) is 0 Å². The van der Waals surface area contributed by atoms with Crippen LogP contribution in [-0.4, -0.2) is 18.5 Å². The van der Waals surface area contributed by atoms with Crippen molar-refractivity contribution in [1.29, 1.82) is 0 Å². The minimum absolute atomic E-state index is 0.232. The van der Waals surface area contributed by atoms with Crippen LogP contribution >= 0.6 is 0 Å². The van der Waals surface area contributed by atoms with E-state index in [0.717, 1.165) is 32.2 Å². The second-order valence-electron chi connectivity index (χ2n) is 7.65. The minimum atomic E-state index is 0.232. The Bertz CT molecular complexity index is 299. The Hall–Kier alpha value is -0.570. The van der Waals surface area contributed by atoms with Crippen LogP contribution in [0.3, 0.4) is 0 Å². The predicted molar refractivity (Wildman–Crippen MR) is 85.4 cm³/mol. The SMILES string of the molecule is CC(C)C(CCN)CCC(=O)NC1CCCC(C)(C)C1. The Kier molecular flexibility index (Phi) is 7.01. The fraction of sp³-hybridized carbons (Fsp3) is 0.941. The highest BCUT2D eigenvalue weighted by atomic mass is 16.1. The monoisotopic (exact) mass is 282 g/mol. The van der Waals surface area contributed by atoms with E-state index < -0.39 is 0 Å². The molecule has 0 aromatic carbocycles. The molecule has 1 rings (SSSR count). The molecule has 0 spiro atoms. The molecule has 1 amide bonds. The maximum Gasteiger partial charge on any atom is 0.220 e. The summed E-state index contributed by atoms with van der Waals surface area (Å²) in [7, 11) is 0. The lowest BCUT2D eigenvalue weighted by molar-refractivity contribution is -0.122. The Labute approximate surface area is 125 Å². The van der Waals surface area contributed by atoms with Gasteiger partial charge in [-0.25, -0.2) is 0 Å². The van der Waals surface area contributed by atoms with Crippen molar-refractivity contribution in [2.24, 2.45) is 23.0 Å². The zero-order valence-electron chi connectivity index (χ0n) is 13.9. The molecule has 2 atom stereocenters. The van der Waals surface area contributed by atoms with E-state index in [1.165, 1.54) is 12.8 Å². The van der Waals surface area contributed by atoms with Gasteiger partial charge in [-0.3, -0.25) is 4.79 Å². The smallest absolute Gasteiger partial charge is 0.220 e. The van der Waals surface area contributed by atoms with Crippen LogP contribution in [0.15, 0.2) is 0 Å². The van der Waals surface area contributed by atoms with E-state index in [1.807, 2.05) is 0 Å². The maximum atomic E-state index is 12.1. The fourth-order valence-electron chi connectivity index (χ4n) is 3.46. The molecule has 0 heterocycles. The normalized spacial score (nSPS) is 23.6. The van der Waals surface area contributed by atoms with Crippen LogP contribution in [0.1, 0.15) is 72.6 Å². The molecule has 3 heteroatoms. The molecule has 1 saturated carbocycles. The van der Waals surface area contributed by atoms with E-state index in [-0.39, 0.29) is 5.91 Å². The molecule has 0 radical (unpaired) electrons. The summed E-state index contributed by atoms with van der Waals surface area (Å²) in [6, 6.07) is 0.387. The van der Waals surface area contributed by atoms with Gasteiger partial charge in [0.1, 0.15) is 0 Å². The van der Waals surface area contributed by atoms with E-state index in [4.69, 9.17) is 5.73 Å². The third-order valence-electron chi connectivity index (χ3n) is 4.79. The molecule has 1 aliphatic carbocycles. The van der Waals surface area contributed by atoms with Gasteiger partial charge in [-0.2, -0.15) is 0 Å². The minimum Gasteiger partial charge on any atom is -0.353 e. The average molecular weight is 282 g/mol. The van der Waals surface area contributed by atoms with Gasteiger partial charge < -0.3 is 11.1 Å². The number of nitrogens with two attached hydrogens (primary N) is 1. The molecule has 0 saturated heterocycles. The van der Waals surface area contributed by atoms with Crippen molar-refractivity contribution in [3.8, 4) is 0 Å². The number of amides is 1. The first-order valence-corrected chi connectivity index (χ1v) is 8.33. The van der Waals surface area contributed by atoms with E-state index in [2.05, 4.69) is 33.0 Å². The van der Waals surface area contributed by atoms with Gasteiger partial charge in [-0.15, -0.1) is 0 Å². The van der Waals surface area contributed by atoms with Crippen molar-refractivity contribution in [3.05, 3.63) is 0 Å². The Morgan fingerprint density at radius 2 is 2.05 bits per heavy atom. The van der Waals surface area contributed by atoms with Crippen LogP contribution in [0.5, 0.6) is 0 Å². The van der Waals surface area contributed by atoms with Gasteiger partial charge in [-0.05, 0) is 55.9 Å². The molecular formula is C17H34N2O. The summed E-state index contributed by atoms with van der Waals surface area (Å²) < 4.78 is 0. The molecule has 0 aromatic rings. The highest BCUT2D eigenvalue weighted by molar-refractivity contribution is 5.76. The third kappa shape index (κ3) is 6.25. The van der Waals surface area contributed by atoms with Crippen molar-refractivity contribution >= 4 is 5.91 Å². The largest absolute Gasteiger partial charge is 0.353 e. The lowest BCUT2D eigenvalue weighted by Crippen LogP contribution is -2.40. The summed E-state index contributed by atoms with van der Waals surface area (Å²) in [6.07, 6.45) is 7.43. The maximum absolute atomic E-state index is 12.1. The Morgan fingerprint density at radius 1 is 1.35 bits per heavy atom. The van der Waals surface area contributed by atoms with Crippen LogP contribution < -0.4 is 11.1 Å². The predicted octanol–water partition coefficient (Wildman–Crippen LogP) is 3.47. The number of hydrogen-bond acceptors (Lipinski definition) is 2. The van der Waals surface area contributed by atoms with Crippen molar-refractivity contribution in [2.75, 3.05) is 6.54 Å². The zero-order chi connectivity index (χ0) is 15.2. The molecule has 20 heavy (non-hydrogen) atoms. The number of hydrogen-bond donors (Lipinski definition) is 2. The topological polar surface area (TPSA) is 55.1 Å². The van der Waals surface area contributed by atoms with Gasteiger partial charge >= 0.3 is 0 Å². The fourth-order valence-corrected chi connectivity index (χ4v) is 3.46. The number of nitrogens with one attached hydrogen (secondary N) is 1. The van der Waals surface area contributed by atoms with Gasteiger partial charge in [-0.1, -0.05) is 34.1 Å². The zero-order valence-corrected chi connectivity index (χ0v) is 13.9. The Morgan fingerprint density at radius 3 is 2.60 bits per heavy atom. The first-order chi connectivity index (χ1) is 9.34. The lowest BCUT2D eigenvalue weighted by Gasteiger charge is -2.35. The van der Waals surface area contributed by atoms with Gasteiger partial charge in [0.2, 0.25) is 5.91 Å². The molecule has 3 nitrogen and oxygen atoms in total. The highest BCUT2D eigenvalue weighted by Crippen LogP contribution is 2.35. The molecule has 3 N–H and O–H groups in total. The van der Waals surface area contributed by atoms with Crippen molar-refractivity contribution in [2.45, 2.75) is 78.7 Å². The van der Waals surface area contributed by atoms with E-state index >= 15 is 0 Å². The summed E-state index contributed by atoms with van der Waals surface area (Å²) >= 11 is 0. The van der Waals surface area contributed by atoms with Gasteiger partial charge in [0, 0.05) is 12.5 Å². The summed E-state index contributed by atoms with van der Waals surface area (Å²) in [4.78, 5) is 12.1. The van der Waals surface area contributed by atoms with Crippen LogP contribution in [0.4, 0.5) is 0 Å². The lowest BCUT2D eigenvalue weighted by atomic mass is 9.75. The van der Waals surface area contributed by atoms with E-state index in [9.17, 15) is 4.79 Å². The van der Waals surface area contributed by atoms with Crippen molar-refractivity contribution < 1.29 is 4.79 Å². The molecule has 0 aliphatic heterocycles. The number of carbonyl (C=O) groups excluding carboxylic acids is 1. The average Bonchev–Trinajstić information content (AvgIpc) is 2.32. The first-order valence-electron chi connectivity index (χ1n) is 8.33. The molecule has 2 unspecified atom stereocenters. The molecule has 0 aromatic heterocycles. The van der Waals surface area contributed by atoms with Crippen LogP contribution in [0.2, 0.25) is 0 Å². The summed E-state index contributed by atoms with van der Waals surface area (Å²) in [6.45, 7) is 9.79. The first kappa shape index (κ1) is 17.5. The standard InChI is InChI=1S/C17H34N2O/c1-13(2)14(9-11-18)7-8-16(20)19-15-6-5-10-17(3,4)12-15/h13-15H,5-12,18H2,1-4H3,(H,19,20). The van der Waals surface area contributed by atoms with Crippen molar-refractivity contribution in [3.63, 3.8) is 0 Å². The second-order valence-corrected chi connectivity index (χ2v) is 7.65. The van der Waals surface area contributed by atoms with Crippen molar-refractivity contribution in [1.82, 2.24) is 5.32 Å². The van der Waals surface area contributed by atoms with Gasteiger partial charge in [0.15, 0.2) is 0 Å². The van der Waals surface area contributed by atoms with Crippen LogP contribution in [-0.2, 0) is 4.79 Å². The Balaban J connectivity index is 2.32. The molecule has 0 bridgehead atoms. The number of rotatable bonds is 7. The summed E-state index contributed by atoms with van der Waals surface area (Å²) in [5, 5.41) is 3.24. The quantitative estimate of drug-likeness (QED) is 0.751. The van der Waals surface area contributed by atoms with E-state index in [1.54, 1.807) is 0 Å². The molecule has 118 valence electrons. The molecule has 1 fully saturated rings.